The van der Waals surface area contributed by atoms with E-state index < -0.39 is 0 Å². The van der Waals surface area contributed by atoms with Crippen molar-refractivity contribution in [2.75, 3.05) is 7.11 Å². The number of methoxy groups -OCH3 is 1. The van der Waals surface area contributed by atoms with Crippen LogP contribution in [0.2, 0.25) is 0 Å². The quantitative estimate of drug-likeness (QED) is 0.439. The number of nitro groups is 1. The van der Waals surface area contributed by atoms with Crippen LogP contribution < -0.4 is 10.1 Å². The van der Waals surface area contributed by atoms with Crippen LogP contribution in [-0.2, 0) is 12.8 Å². The zero-order valence-electron chi connectivity index (χ0n) is 16.6. The Morgan fingerprint density at radius 1 is 1.34 bits per heavy atom. The number of aryl methyl sites for hydroxylation is 1. The van der Waals surface area contributed by atoms with Crippen LogP contribution in [0, 0.1) is 10.1 Å². The van der Waals surface area contributed by atoms with Gasteiger partial charge in [0.05, 0.1) is 23.8 Å². The Bertz CT molecular complexity index is 1060. The Balaban J connectivity index is 1.55. The van der Waals surface area contributed by atoms with Crippen LogP contribution >= 0.6 is 0 Å². The summed E-state index contributed by atoms with van der Waals surface area (Å²) in [4.78, 5) is 14.3. The molecule has 0 radical (unpaired) electrons. The first-order chi connectivity index (χ1) is 14.0. The SMILES string of the molecule is COc1cc(C[C@H](C)[NH2+][C@H]2CCCc3c2[nH]c2ccc([N+](=O)[O-])cc32)ccc1O. The fourth-order valence-electron chi connectivity index (χ4n) is 4.48. The fraction of sp³-hybridized carbons (Fsp3) is 0.364. The number of ether oxygens (including phenoxy) is 1. The number of hydrogen-bond acceptors (Lipinski definition) is 4. The van der Waals surface area contributed by atoms with E-state index in [1.807, 2.05) is 18.2 Å². The lowest BCUT2D eigenvalue weighted by atomic mass is 9.91. The number of nitro benzene ring substituents is 1. The maximum Gasteiger partial charge on any atom is 0.270 e. The predicted octanol–water partition coefficient (Wildman–Crippen LogP) is 3.36. The number of quaternary nitrogens is 1. The van der Waals surface area contributed by atoms with E-state index in [2.05, 4.69) is 17.2 Å². The van der Waals surface area contributed by atoms with E-state index in [-0.39, 0.29) is 16.4 Å². The van der Waals surface area contributed by atoms with Crippen molar-refractivity contribution in [2.24, 2.45) is 0 Å². The van der Waals surface area contributed by atoms with Gasteiger partial charge in [-0.3, -0.25) is 10.1 Å². The molecule has 0 amide bonds. The number of aromatic amines is 1. The standard InChI is InChI=1S/C22H25N3O4/c1-13(10-14-6-9-20(26)21(11-14)29-2)23-19-5-3-4-16-17-12-15(25(27)28)7-8-18(17)24-22(16)19/h6-9,11-13,19,23-24,26H,3-5,10H2,1-2H3/p+1/t13-,19-/m0/s1. The maximum atomic E-state index is 11.1. The summed E-state index contributed by atoms with van der Waals surface area (Å²) in [6.45, 7) is 2.20. The summed E-state index contributed by atoms with van der Waals surface area (Å²) in [7, 11) is 1.55. The van der Waals surface area contributed by atoms with Crippen molar-refractivity contribution in [3.05, 3.63) is 63.3 Å². The third-order valence-electron chi connectivity index (χ3n) is 5.81. The molecule has 0 saturated carbocycles. The minimum absolute atomic E-state index is 0.139. The molecule has 3 aromatic rings. The monoisotopic (exact) mass is 396 g/mol. The van der Waals surface area contributed by atoms with E-state index in [9.17, 15) is 15.2 Å². The molecule has 0 spiro atoms. The van der Waals surface area contributed by atoms with Crippen LogP contribution in [-0.4, -0.2) is 28.2 Å². The van der Waals surface area contributed by atoms with Crippen LogP contribution in [0.25, 0.3) is 10.9 Å². The molecule has 152 valence electrons. The van der Waals surface area contributed by atoms with Gasteiger partial charge in [-0.2, -0.15) is 0 Å². The van der Waals surface area contributed by atoms with E-state index in [1.54, 1.807) is 25.3 Å². The minimum atomic E-state index is -0.334. The Kier molecular flexibility index (Phi) is 5.15. The van der Waals surface area contributed by atoms with Crippen LogP contribution in [0.1, 0.15) is 42.6 Å². The van der Waals surface area contributed by atoms with E-state index in [0.29, 0.717) is 17.8 Å². The first kappa shape index (κ1) is 19.3. The Labute approximate surface area is 168 Å². The number of nitrogens with zero attached hydrogens (tertiary/aromatic N) is 1. The van der Waals surface area contributed by atoms with Crippen molar-refractivity contribution in [3.8, 4) is 11.5 Å². The normalized spacial score (nSPS) is 17.1. The Hall–Kier alpha value is -3.06. The second-order valence-electron chi connectivity index (χ2n) is 7.88. The molecule has 0 aliphatic heterocycles. The van der Waals surface area contributed by atoms with E-state index >= 15 is 0 Å². The van der Waals surface area contributed by atoms with Crippen molar-refractivity contribution in [3.63, 3.8) is 0 Å². The topological polar surface area (TPSA) is 105 Å². The van der Waals surface area contributed by atoms with Crippen molar-refractivity contribution in [2.45, 2.75) is 44.7 Å². The Morgan fingerprint density at radius 2 is 2.17 bits per heavy atom. The number of phenols is 1. The first-order valence-corrected chi connectivity index (χ1v) is 9.96. The largest absolute Gasteiger partial charge is 0.504 e. The van der Waals surface area contributed by atoms with Crippen molar-refractivity contribution >= 4 is 16.6 Å². The summed E-state index contributed by atoms with van der Waals surface area (Å²) in [6, 6.07) is 11.2. The highest BCUT2D eigenvalue weighted by molar-refractivity contribution is 5.87. The molecule has 2 atom stereocenters. The van der Waals surface area contributed by atoms with Crippen LogP contribution in [0.15, 0.2) is 36.4 Å². The van der Waals surface area contributed by atoms with Gasteiger partial charge in [0.25, 0.3) is 5.69 Å². The smallest absolute Gasteiger partial charge is 0.270 e. The molecular weight excluding hydrogens is 370 g/mol. The molecule has 0 fully saturated rings. The summed E-state index contributed by atoms with van der Waals surface area (Å²) in [6.07, 6.45) is 3.95. The molecule has 1 aliphatic rings. The number of benzene rings is 2. The summed E-state index contributed by atoms with van der Waals surface area (Å²) in [5.41, 5.74) is 4.64. The summed E-state index contributed by atoms with van der Waals surface area (Å²) < 4.78 is 5.21. The van der Waals surface area contributed by atoms with Crippen molar-refractivity contribution < 1.29 is 20.1 Å². The predicted molar refractivity (Wildman–Crippen MR) is 110 cm³/mol. The van der Waals surface area contributed by atoms with E-state index in [4.69, 9.17) is 4.74 Å². The third kappa shape index (κ3) is 3.78. The molecule has 4 rings (SSSR count). The van der Waals surface area contributed by atoms with Gasteiger partial charge in [-0.15, -0.1) is 0 Å². The van der Waals surface area contributed by atoms with E-state index in [0.717, 1.165) is 42.1 Å². The maximum absolute atomic E-state index is 11.1. The number of nitrogens with two attached hydrogens (primary N) is 1. The molecule has 1 heterocycles. The number of fused-ring (bicyclic) bond motifs is 3. The average Bonchev–Trinajstić information content (AvgIpc) is 3.08. The molecule has 4 N–H and O–H groups in total. The van der Waals surface area contributed by atoms with E-state index in [1.165, 1.54) is 11.3 Å². The van der Waals surface area contributed by atoms with Gasteiger partial charge in [0.1, 0.15) is 6.04 Å². The van der Waals surface area contributed by atoms with Gasteiger partial charge in [-0.1, -0.05) is 6.07 Å². The van der Waals surface area contributed by atoms with Gasteiger partial charge >= 0.3 is 0 Å². The first-order valence-electron chi connectivity index (χ1n) is 9.96. The lowest BCUT2D eigenvalue weighted by Gasteiger charge is -2.24. The van der Waals surface area contributed by atoms with Gasteiger partial charge in [0.2, 0.25) is 0 Å². The summed E-state index contributed by atoms with van der Waals surface area (Å²) in [5.74, 6) is 0.642. The number of non-ortho nitro benzene ring substituents is 1. The number of nitrogens with one attached hydrogen (secondary N) is 1. The summed E-state index contributed by atoms with van der Waals surface area (Å²) in [5, 5.41) is 24.3. The fourth-order valence-corrected chi connectivity index (χ4v) is 4.48. The lowest BCUT2D eigenvalue weighted by molar-refractivity contribution is -0.726. The molecule has 0 bridgehead atoms. The molecule has 7 nitrogen and oxygen atoms in total. The summed E-state index contributed by atoms with van der Waals surface area (Å²) >= 11 is 0. The minimum Gasteiger partial charge on any atom is -0.504 e. The Morgan fingerprint density at radius 3 is 2.93 bits per heavy atom. The van der Waals surface area contributed by atoms with Crippen LogP contribution in [0.4, 0.5) is 5.69 Å². The van der Waals surface area contributed by atoms with Gasteiger partial charge in [0.15, 0.2) is 11.5 Å². The van der Waals surface area contributed by atoms with Crippen LogP contribution in [0.5, 0.6) is 11.5 Å². The average molecular weight is 396 g/mol. The molecule has 7 heteroatoms. The highest BCUT2D eigenvalue weighted by Gasteiger charge is 2.29. The zero-order chi connectivity index (χ0) is 20.5. The number of H-pyrrole nitrogens is 1. The third-order valence-corrected chi connectivity index (χ3v) is 5.81. The number of aromatic nitrogens is 1. The van der Waals surface area contributed by atoms with Gasteiger partial charge in [-0.25, -0.2) is 0 Å². The van der Waals surface area contributed by atoms with Crippen molar-refractivity contribution in [1.29, 1.82) is 0 Å². The van der Waals surface area contributed by atoms with Gasteiger partial charge in [0, 0.05) is 35.9 Å². The molecule has 1 aromatic heterocycles. The van der Waals surface area contributed by atoms with Crippen molar-refractivity contribution in [1.82, 2.24) is 4.98 Å². The van der Waals surface area contributed by atoms with Gasteiger partial charge in [-0.05, 0) is 49.1 Å². The van der Waals surface area contributed by atoms with Crippen LogP contribution in [0.3, 0.4) is 0 Å². The second kappa shape index (κ2) is 7.75. The molecule has 0 saturated heterocycles. The highest BCUT2D eigenvalue weighted by atomic mass is 16.6. The molecule has 2 aromatic carbocycles. The second-order valence-corrected chi connectivity index (χ2v) is 7.88. The number of aromatic hydroxyl groups is 1. The zero-order valence-corrected chi connectivity index (χ0v) is 16.6. The number of hydrogen-bond donors (Lipinski definition) is 3. The molecule has 1 aliphatic carbocycles. The lowest BCUT2D eigenvalue weighted by Crippen LogP contribution is -2.90. The number of rotatable bonds is 6. The molecular formula is C22H26N3O4+. The highest BCUT2D eigenvalue weighted by Crippen LogP contribution is 2.34. The molecule has 0 unspecified atom stereocenters. The molecule has 29 heavy (non-hydrogen) atoms. The van der Waals surface area contributed by atoms with Gasteiger partial charge < -0.3 is 20.1 Å². The number of phenolic OH excluding ortho intramolecular Hbond substituents is 1.